The number of carbonyl (C=O) groups excluding carboxylic acids is 1. The van der Waals surface area contributed by atoms with Gasteiger partial charge in [-0.2, -0.15) is 0 Å². The van der Waals surface area contributed by atoms with E-state index < -0.39 is 0 Å². The molecular weight excluding hydrogens is 408 g/mol. The molecule has 0 atom stereocenters. The first-order chi connectivity index (χ1) is 15.9. The zero-order valence-electron chi connectivity index (χ0n) is 20.7. The molecule has 0 saturated carbocycles. The number of rotatable bonds is 8. The Morgan fingerprint density at radius 3 is 2.36 bits per heavy atom. The molecule has 33 heavy (non-hydrogen) atoms. The number of hydrogen-bond donors (Lipinski definition) is 0. The van der Waals surface area contributed by atoms with Gasteiger partial charge in [0.1, 0.15) is 0 Å². The first kappa shape index (κ1) is 23.5. The number of amides is 1. The van der Waals surface area contributed by atoms with Gasteiger partial charge in [-0.3, -0.25) is 9.69 Å². The van der Waals surface area contributed by atoms with Crippen molar-refractivity contribution in [1.29, 1.82) is 0 Å². The maximum atomic E-state index is 13.7. The minimum atomic E-state index is 0.192. The van der Waals surface area contributed by atoms with Gasteiger partial charge in [-0.15, -0.1) is 0 Å². The minimum absolute atomic E-state index is 0.192. The van der Waals surface area contributed by atoms with E-state index in [0.717, 1.165) is 75.3 Å². The van der Waals surface area contributed by atoms with Crippen LogP contribution in [0.15, 0.2) is 48.5 Å². The van der Waals surface area contributed by atoms with Gasteiger partial charge < -0.3 is 14.4 Å². The molecule has 0 unspecified atom stereocenters. The number of aromatic nitrogens is 1. The Bertz CT molecular complexity index is 1080. The maximum absolute atomic E-state index is 13.7. The third kappa shape index (κ3) is 5.48. The summed E-state index contributed by atoms with van der Waals surface area (Å²) in [6, 6.07) is 17.2. The summed E-state index contributed by atoms with van der Waals surface area (Å²) in [6.45, 7) is 10.7. The van der Waals surface area contributed by atoms with Crippen LogP contribution in [0, 0.1) is 13.8 Å². The van der Waals surface area contributed by atoms with E-state index in [0.29, 0.717) is 0 Å². The van der Waals surface area contributed by atoms with E-state index in [1.807, 2.05) is 0 Å². The minimum Gasteiger partial charge on any atom is -0.344 e. The number of nitrogens with zero attached hydrogens (tertiary/aromatic N) is 4. The van der Waals surface area contributed by atoms with Crippen LogP contribution in [0.25, 0.3) is 10.9 Å². The van der Waals surface area contributed by atoms with Crippen molar-refractivity contribution in [3.63, 3.8) is 0 Å². The van der Waals surface area contributed by atoms with Gasteiger partial charge in [0.2, 0.25) is 0 Å². The summed E-state index contributed by atoms with van der Waals surface area (Å²) in [5, 5.41) is 1.11. The Kier molecular flexibility index (Phi) is 7.51. The van der Waals surface area contributed by atoms with Crippen LogP contribution in [0.5, 0.6) is 0 Å². The second kappa shape index (κ2) is 10.5. The Morgan fingerprint density at radius 2 is 1.67 bits per heavy atom. The number of piperazine rings is 1. The maximum Gasteiger partial charge on any atom is 0.256 e. The summed E-state index contributed by atoms with van der Waals surface area (Å²) in [4.78, 5) is 20.5. The van der Waals surface area contributed by atoms with Crippen LogP contribution in [-0.2, 0) is 13.0 Å². The summed E-state index contributed by atoms with van der Waals surface area (Å²) in [6.07, 6.45) is 2.13. The monoisotopic (exact) mass is 446 g/mol. The van der Waals surface area contributed by atoms with Gasteiger partial charge in [-0.1, -0.05) is 42.0 Å². The van der Waals surface area contributed by atoms with Crippen molar-refractivity contribution >= 4 is 16.8 Å². The number of aryl methyl sites for hydroxylation is 2. The highest BCUT2D eigenvalue weighted by atomic mass is 16.2. The average molecular weight is 447 g/mol. The van der Waals surface area contributed by atoms with E-state index in [4.69, 9.17) is 0 Å². The van der Waals surface area contributed by atoms with Crippen LogP contribution in [0.2, 0.25) is 0 Å². The molecule has 1 fully saturated rings. The smallest absolute Gasteiger partial charge is 0.256 e. The number of benzene rings is 2. The van der Waals surface area contributed by atoms with Crippen molar-refractivity contribution in [3.05, 3.63) is 70.9 Å². The predicted octanol–water partition coefficient (Wildman–Crippen LogP) is 4.21. The van der Waals surface area contributed by atoms with Gasteiger partial charge in [-0.05, 0) is 65.0 Å². The van der Waals surface area contributed by atoms with Crippen LogP contribution in [0.4, 0.5) is 0 Å². The molecule has 0 spiro atoms. The second-order valence-corrected chi connectivity index (χ2v) is 9.66. The molecule has 2 aromatic carbocycles. The van der Waals surface area contributed by atoms with Gasteiger partial charge in [0.15, 0.2) is 0 Å². The molecule has 5 heteroatoms. The summed E-state index contributed by atoms with van der Waals surface area (Å²) in [5.74, 6) is 0.192. The number of hydrogen-bond acceptors (Lipinski definition) is 3. The van der Waals surface area contributed by atoms with Crippen LogP contribution < -0.4 is 0 Å². The molecule has 1 saturated heterocycles. The third-order valence-corrected chi connectivity index (χ3v) is 6.90. The van der Waals surface area contributed by atoms with E-state index in [2.05, 4.69) is 95.7 Å². The second-order valence-electron chi connectivity index (χ2n) is 9.66. The van der Waals surface area contributed by atoms with Gasteiger partial charge in [0.05, 0.1) is 5.56 Å². The zero-order chi connectivity index (χ0) is 23.4. The quantitative estimate of drug-likeness (QED) is 0.520. The van der Waals surface area contributed by atoms with Crippen molar-refractivity contribution in [1.82, 2.24) is 19.3 Å². The molecule has 1 aliphatic heterocycles. The van der Waals surface area contributed by atoms with Crippen LogP contribution in [0.1, 0.15) is 33.6 Å². The normalized spacial score (nSPS) is 15.0. The lowest BCUT2D eigenvalue weighted by Gasteiger charge is -2.35. The Hall–Kier alpha value is -2.63. The highest BCUT2D eigenvalue weighted by molar-refractivity contribution is 6.08. The molecule has 176 valence electrons. The number of carbonyl (C=O) groups is 1. The van der Waals surface area contributed by atoms with Gasteiger partial charge >= 0.3 is 0 Å². The summed E-state index contributed by atoms with van der Waals surface area (Å²) < 4.78 is 2.35. The lowest BCUT2D eigenvalue weighted by atomic mass is 10.1. The zero-order valence-corrected chi connectivity index (χ0v) is 20.7. The standard InChI is InChI=1S/C28H38N4O/c1-22-11-12-26-25(21-22)27(23(2)32(26)15-8-14-29(3)4)28(33)31-19-17-30(18-20-31)16-13-24-9-6-5-7-10-24/h5-7,9-12,21H,8,13-20H2,1-4H3. The van der Waals surface area contributed by atoms with E-state index in [-0.39, 0.29) is 5.91 Å². The van der Waals surface area contributed by atoms with Crippen molar-refractivity contribution in [3.8, 4) is 0 Å². The SMILES string of the molecule is Cc1ccc2c(c1)c(C(=O)N1CCN(CCc3ccccc3)CC1)c(C)n2CCCN(C)C. The van der Waals surface area contributed by atoms with E-state index >= 15 is 0 Å². The lowest BCUT2D eigenvalue weighted by molar-refractivity contribution is 0.0639. The Balaban J connectivity index is 1.46. The van der Waals surface area contributed by atoms with Gasteiger partial charge in [0, 0.05) is 55.9 Å². The molecule has 0 aliphatic carbocycles. The molecule has 1 aromatic heterocycles. The Labute approximate surface area is 198 Å². The topological polar surface area (TPSA) is 31.7 Å². The van der Waals surface area contributed by atoms with Gasteiger partial charge in [-0.25, -0.2) is 0 Å². The fourth-order valence-electron chi connectivity index (χ4n) is 4.96. The molecule has 1 aliphatic rings. The highest BCUT2D eigenvalue weighted by Crippen LogP contribution is 2.29. The molecule has 1 amide bonds. The molecular formula is C28H38N4O. The third-order valence-electron chi connectivity index (χ3n) is 6.90. The summed E-state index contributed by atoms with van der Waals surface area (Å²) in [5.41, 5.74) is 5.76. The Morgan fingerprint density at radius 1 is 0.939 bits per heavy atom. The van der Waals surface area contributed by atoms with Crippen molar-refractivity contribution in [2.45, 2.75) is 33.2 Å². The molecule has 0 radical (unpaired) electrons. The fraction of sp³-hybridized carbons (Fsp3) is 0.464. The van der Waals surface area contributed by atoms with Crippen LogP contribution >= 0.6 is 0 Å². The molecule has 5 nitrogen and oxygen atoms in total. The van der Waals surface area contributed by atoms with Crippen LogP contribution in [-0.4, -0.2) is 78.5 Å². The van der Waals surface area contributed by atoms with Crippen molar-refractivity contribution < 1.29 is 4.79 Å². The molecule has 0 N–H and O–H groups in total. The fourth-order valence-corrected chi connectivity index (χ4v) is 4.96. The highest BCUT2D eigenvalue weighted by Gasteiger charge is 2.27. The predicted molar refractivity (Wildman–Crippen MR) is 137 cm³/mol. The average Bonchev–Trinajstić information content (AvgIpc) is 3.08. The molecule has 3 aromatic rings. The molecule has 2 heterocycles. The van der Waals surface area contributed by atoms with Crippen molar-refractivity contribution in [2.75, 3.05) is 53.4 Å². The first-order valence-corrected chi connectivity index (χ1v) is 12.2. The first-order valence-electron chi connectivity index (χ1n) is 12.2. The lowest BCUT2D eigenvalue weighted by Crippen LogP contribution is -2.49. The van der Waals surface area contributed by atoms with Crippen LogP contribution in [0.3, 0.4) is 0 Å². The summed E-state index contributed by atoms with van der Waals surface area (Å²) in [7, 11) is 4.22. The van der Waals surface area contributed by atoms with E-state index in [1.54, 1.807) is 0 Å². The molecule has 4 rings (SSSR count). The largest absolute Gasteiger partial charge is 0.344 e. The molecule has 0 bridgehead atoms. The van der Waals surface area contributed by atoms with E-state index in [1.165, 1.54) is 16.6 Å². The number of fused-ring (bicyclic) bond motifs is 1. The van der Waals surface area contributed by atoms with Crippen molar-refractivity contribution in [2.24, 2.45) is 0 Å². The summed E-state index contributed by atoms with van der Waals surface area (Å²) >= 11 is 0. The van der Waals surface area contributed by atoms with Gasteiger partial charge in [0.25, 0.3) is 5.91 Å². The van der Waals surface area contributed by atoms with E-state index in [9.17, 15) is 4.79 Å².